The summed E-state index contributed by atoms with van der Waals surface area (Å²) in [7, 11) is 1.78. The van der Waals surface area contributed by atoms with Gasteiger partial charge < -0.3 is 15.0 Å². The minimum Gasteiger partial charge on any atom is -0.381 e. The number of methoxy groups -OCH3 is 1. The zero-order valence-corrected chi connectivity index (χ0v) is 14.4. The number of carbonyl (C=O) groups excluding carboxylic acids is 1. The average Bonchev–Trinajstić information content (AvgIpc) is 2.63. The molecule has 2 aromatic rings. The summed E-state index contributed by atoms with van der Waals surface area (Å²) >= 11 is 5.84. The number of amides is 1. The third kappa shape index (κ3) is 4.08. The Morgan fingerprint density at radius 2 is 1.71 bits per heavy atom. The first-order chi connectivity index (χ1) is 11.7. The number of nitrogens with zero attached hydrogens (tertiary/aromatic N) is 1. The highest BCUT2D eigenvalue weighted by Gasteiger charge is 2.18. The Morgan fingerprint density at radius 1 is 1.08 bits per heavy atom. The van der Waals surface area contributed by atoms with E-state index in [2.05, 4.69) is 10.2 Å². The summed E-state index contributed by atoms with van der Waals surface area (Å²) in [6.07, 6.45) is 2.47. The summed E-state index contributed by atoms with van der Waals surface area (Å²) in [6.45, 7) is 1.99. The van der Waals surface area contributed by atoms with Crippen LogP contribution in [-0.2, 0) is 4.74 Å². The second-order valence-corrected chi connectivity index (χ2v) is 6.37. The van der Waals surface area contributed by atoms with E-state index >= 15 is 0 Å². The summed E-state index contributed by atoms with van der Waals surface area (Å²) in [6, 6.07) is 14.8. The van der Waals surface area contributed by atoms with Gasteiger partial charge in [-0.1, -0.05) is 11.6 Å². The van der Waals surface area contributed by atoms with Crippen molar-refractivity contribution in [2.45, 2.75) is 18.9 Å². The van der Waals surface area contributed by atoms with Crippen molar-refractivity contribution in [3.05, 3.63) is 59.1 Å². The Hall–Kier alpha value is -2.04. The SMILES string of the molecule is COC1CCN(c2ccc(NC(=O)c3ccc(Cl)cc3)cc2)CC1. The fourth-order valence-corrected chi connectivity index (χ4v) is 3.04. The quantitative estimate of drug-likeness (QED) is 0.903. The first-order valence-corrected chi connectivity index (χ1v) is 8.48. The minimum atomic E-state index is -0.139. The predicted octanol–water partition coefficient (Wildman–Crippen LogP) is 4.21. The average molecular weight is 345 g/mol. The van der Waals surface area contributed by atoms with Gasteiger partial charge in [0.15, 0.2) is 0 Å². The van der Waals surface area contributed by atoms with Gasteiger partial charge in [-0.05, 0) is 61.4 Å². The number of rotatable bonds is 4. The highest BCUT2D eigenvalue weighted by molar-refractivity contribution is 6.30. The fraction of sp³-hybridized carbons (Fsp3) is 0.316. The molecule has 3 rings (SSSR count). The molecule has 24 heavy (non-hydrogen) atoms. The first kappa shape index (κ1) is 16.8. The molecule has 0 unspecified atom stereocenters. The minimum absolute atomic E-state index is 0.139. The third-order valence-electron chi connectivity index (χ3n) is 4.37. The van der Waals surface area contributed by atoms with Crippen LogP contribution in [0.3, 0.4) is 0 Å². The van der Waals surface area contributed by atoms with E-state index in [1.54, 1.807) is 31.4 Å². The van der Waals surface area contributed by atoms with E-state index in [0.29, 0.717) is 16.7 Å². The van der Waals surface area contributed by atoms with Crippen LogP contribution in [0.2, 0.25) is 5.02 Å². The fourth-order valence-electron chi connectivity index (χ4n) is 2.91. The van der Waals surface area contributed by atoms with Crippen molar-refractivity contribution in [2.24, 2.45) is 0 Å². The molecule has 4 nitrogen and oxygen atoms in total. The molecule has 1 fully saturated rings. The van der Waals surface area contributed by atoms with Crippen LogP contribution in [0.1, 0.15) is 23.2 Å². The van der Waals surface area contributed by atoms with Gasteiger partial charge >= 0.3 is 0 Å². The number of carbonyl (C=O) groups is 1. The molecule has 2 aromatic carbocycles. The Bertz CT molecular complexity index is 678. The van der Waals surface area contributed by atoms with Crippen molar-refractivity contribution in [1.82, 2.24) is 0 Å². The van der Waals surface area contributed by atoms with E-state index in [9.17, 15) is 4.79 Å². The molecule has 0 spiro atoms. The monoisotopic (exact) mass is 344 g/mol. The first-order valence-electron chi connectivity index (χ1n) is 8.10. The zero-order chi connectivity index (χ0) is 16.9. The van der Waals surface area contributed by atoms with Gasteiger partial charge in [0.1, 0.15) is 0 Å². The maximum atomic E-state index is 12.2. The van der Waals surface area contributed by atoms with E-state index in [-0.39, 0.29) is 5.91 Å². The van der Waals surface area contributed by atoms with Crippen molar-refractivity contribution >= 4 is 28.9 Å². The molecule has 1 aliphatic rings. The second kappa shape index (κ2) is 7.69. The molecule has 1 saturated heterocycles. The van der Waals surface area contributed by atoms with E-state index in [1.807, 2.05) is 24.3 Å². The highest BCUT2D eigenvalue weighted by atomic mass is 35.5. The molecular formula is C19H21ClN2O2. The molecule has 126 valence electrons. The van der Waals surface area contributed by atoms with E-state index in [4.69, 9.17) is 16.3 Å². The summed E-state index contributed by atoms with van der Waals surface area (Å²) in [5, 5.41) is 3.52. The highest BCUT2D eigenvalue weighted by Crippen LogP contribution is 2.23. The molecule has 0 radical (unpaired) electrons. The second-order valence-electron chi connectivity index (χ2n) is 5.93. The van der Waals surface area contributed by atoms with Crippen LogP contribution in [0, 0.1) is 0 Å². The van der Waals surface area contributed by atoms with Crippen molar-refractivity contribution in [3.8, 4) is 0 Å². The molecule has 0 atom stereocenters. The Kier molecular flexibility index (Phi) is 5.38. The molecular weight excluding hydrogens is 324 g/mol. The summed E-state index contributed by atoms with van der Waals surface area (Å²) in [4.78, 5) is 14.6. The van der Waals surface area contributed by atoms with Crippen molar-refractivity contribution < 1.29 is 9.53 Å². The van der Waals surface area contributed by atoms with Crippen LogP contribution in [0.4, 0.5) is 11.4 Å². The van der Waals surface area contributed by atoms with Crippen molar-refractivity contribution in [1.29, 1.82) is 0 Å². The molecule has 1 N–H and O–H groups in total. The summed E-state index contributed by atoms with van der Waals surface area (Å²) < 4.78 is 5.41. The van der Waals surface area contributed by atoms with Gasteiger partial charge in [0.05, 0.1) is 6.10 Å². The lowest BCUT2D eigenvalue weighted by Gasteiger charge is -2.33. The number of nitrogens with one attached hydrogen (secondary N) is 1. The van der Waals surface area contributed by atoms with Gasteiger partial charge in [0.25, 0.3) is 5.91 Å². The van der Waals surface area contributed by atoms with E-state index in [1.165, 1.54) is 5.69 Å². The number of benzene rings is 2. The maximum Gasteiger partial charge on any atom is 0.255 e. The zero-order valence-electron chi connectivity index (χ0n) is 13.7. The normalized spacial score (nSPS) is 15.3. The Labute approximate surface area is 147 Å². The van der Waals surface area contributed by atoms with Gasteiger partial charge in [0.2, 0.25) is 0 Å². The molecule has 5 heteroatoms. The largest absolute Gasteiger partial charge is 0.381 e. The number of hydrogen-bond donors (Lipinski definition) is 1. The van der Waals surface area contributed by atoms with Crippen molar-refractivity contribution in [3.63, 3.8) is 0 Å². The smallest absolute Gasteiger partial charge is 0.255 e. The van der Waals surface area contributed by atoms with Crippen LogP contribution in [0.5, 0.6) is 0 Å². The number of hydrogen-bond acceptors (Lipinski definition) is 3. The summed E-state index contributed by atoms with van der Waals surface area (Å²) in [5.41, 5.74) is 2.55. The number of piperidine rings is 1. The standard InChI is InChI=1S/C19H21ClN2O2/c1-24-18-10-12-22(13-11-18)17-8-6-16(7-9-17)21-19(23)14-2-4-15(20)5-3-14/h2-9,18H,10-13H2,1H3,(H,21,23). The predicted molar refractivity (Wildman–Crippen MR) is 98.1 cm³/mol. The summed E-state index contributed by atoms with van der Waals surface area (Å²) in [5.74, 6) is -0.139. The van der Waals surface area contributed by atoms with Gasteiger partial charge in [-0.15, -0.1) is 0 Å². The number of halogens is 1. The van der Waals surface area contributed by atoms with Gasteiger partial charge in [-0.2, -0.15) is 0 Å². The molecule has 0 aliphatic carbocycles. The Morgan fingerprint density at radius 3 is 2.29 bits per heavy atom. The molecule has 1 heterocycles. The maximum absolute atomic E-state index is 12.2. The lowest BCUT2D eigenvalue weighted by Crippen LogP contribution is -2.36. The van der Waals surface area contributed by atoms with Gasteiger partial charge in [-0.3, -0.25) is 4.79 Å². The lowest BCUT2D eigenvalue weighted by atomic mass is 10.1. The van der Waals surface area contributed by atoms with E-state index in [0.717, 1.165) is 31.6 Å². The molecule has 1 aliphatic heterocycles. The number of anilines is 2. The van der Waals surface area contributed by atoms with Crippen LogP contribution < -0.4 is 10.2 Å². The van der Waals surface area contributed by atoms with Crippen LogP contribution in [0.25, 0.3) is 0 Å². The molecule has 0 saturated carbocycles. The molecule has 1 amide bonds. The van der Waals surface area contributed by atoms with Crippen LogP contribution in [0.15, 0.2) is 48.5 Å². The Balaban J connectivity index is 1.60. The lowest BCUT2D eigenvalue weighted by molar-refractivity contribution is 0.0819. The van der Waals surface area contributed by atoms with Gasteiger partial charge in [0, 0.05) is 42.2 Å². The number of ether oxygens (including phenoxy) is 1. The third-order valence-corrected chi connectivity index (χ3v) is 4.62. The van der Waals surface area contributed by atoms with Crippen LogP contribution >= 0.6 is 11.6 Å². The molecule has 0 bridgehead atoms. The topological polar surface area (TPSA) is 41.6 Å². The molecule has 0 aromatic heterocycles. The van der Waals surface area contributed by atoms with Crippen molar-refractivity contribution in [2.75, 3.05) is 30.4 Å². The van der Waals surface area contributed by atoms with Gasteiger partial charge in [-0.25, -0.2) is 0 Å². The van der Waals surface area contributed by atoms with E-state index < -0.39 is 0 Å². The van der Waals surface area contributed by atoms with Crippen LogP contribution in [-0.4, -0.2) is 32.2 Å².